The second kappa shape index (κ2) is 7.09. The molecule has 0 spiro atoms. The maximum atomic E-state index is 13.8. The van der Waals surface area contributed by atoms with E-state index in [2.05, 4.69) is 5.32 Å². The summed E-state index contributed by atoms with van der Waals surface area (Å²) >= 11 is 0. The van der Waals surface area contributed by atoms with Crippen molar-refractivity contribution in [3.63, 3.8) is 0 Å². The molecule has 106 valence electrons. The molecule has 1 atom stereocenters. The Morgan fingerprint density at radius 1 is 1.47 bits per heavy atom. The molecule has 0 radical (unpaired) electrons. The molecule has 4 nitrogen and oxygen atoms in total. The van der Waals surface area contributed by atoms with E-state index in [-0.39, 0.29) is 23.3 Å². The number of benzene rings is 1. The first-order valence-electron chi connectivity index (χ1n) is 6.34. The first-order valence-corrected chi connectivity index (χ1v) is 6.34. The van der Waals surface area contributed by atoms with Crippen molar-refractivity contribution < 1.29 is 13.9 Å². The number of amides is 1. The van der Waals surface area contributed by atoms with Gasteiger partial charge in [0.1, 0.15) is 17.1 Å². The molecule has 1 aromatic carbocycles. The number of nitrogens with two attached hydrogens (primary N) is 1. The van der Waals surface area contributed by atoms with Crippen LogP contribution in [0.5, 0.6) is 5.75 Å². The second-order valence-electron chi connectivity index (χ2n) is 4.72. The SMILES string of the molecule is COc1cccc(F)c1C(=O)NC(CCN)C(C)C. The molecule has 3 N–H and O–H groups in total. The first-order chi connectivity index (χ1) is 9.01. The predicted molar refractivity (Wildman–Crippen MR) is 72.7 cm³/mol. The topological polar surface area (TPSA) is 64.3 Å². The van der Waals surface area contributed by atoms with Gasteiger partial charge in [-0.2, -0.15) is 0 Å². The van der Waals surface area contributed by atoms with Crippen molar-refractivity contribution in [2.75, 3.05) is 13.7 Å². The fourth-order valence-corrected chi connectivity index (χ4v) is 1.89. The summed E-state index contributed by atoms with van der Waals surface area (Å²) < 4.78 is 18.8. The Hall–Kier alpha value is -1.62. The zero-order chi connectivity index (χ0) is 14.4. The fourth-order valence-electron chi connectivity index (χ4n) is 1.89. The Morgan fingerprint density at radius 3 is 2.68 bits per heavy atom. The number of carbonyl (C=O) groups excluding carboxylic acids is 1. The lowest BCUT2D eigenvalue weighted by atomic mass is 10.0. The van der Waals surface area contributed by atoms with E-state index in [0.29, 0.717) is 13.0 Å². The third-order valence-electron chi connectivity index (χ3n) is 3.02. The summed E-state index contributed by atoms with van der Waals surface area (Å²) in [5, 5.41) is 2.81. The minimum Gasteiger partial charge on any atom is -0.496 e. The van der Waals surface area contributed by atoms with Gasteiger partial charge in [-0.05, 0) is 31.0 Å². The number of nitrogens with one attached hydrogen (secondary N) is 1. The third kappa shape index (κ3) is 3.92. The van der Waals surface area contributed by atoms with Crippen LogP contribution in [0.2, 0.25) is 0 Å². The van der Waals surface area contributed by atoms with E-state index in [1.165, 1.54) is 19.2 Å². The van der Waals surface area contributed by atoms with Crippen LogP contribution in [0.15, 0.2) is 18.2 Å². The van der Waals surface area contributed by atoms with Crippen LogP contribution in [0.4, 0.5) is 4.39 Å². The summed E-state index contributed by atoms with van der Waals surface area (Å²) in [6, 6.07) is 4.22. The normalized spacial score (nSPS) is 12.3. The quantitative estimate of drug-likeness (QED) is 0.828. The van der Waals surface area contributed by atoms with Gasteiger partial charge in [0.2, 0.25) is 0 Å². The van der Waals surface area contributed by atoms with Gasteiger partial charge in [0.05, 0.1) is 7.11 Å². The number of hydrogen-bond acceptors (Lipinski definition) is 3. The maximum Gasteiger partial charge on any atom is 0.258 e. The Bertz CT molecular complexity index is 435. The van der Waals surface area contributed by atoms with Crippen molar-refractivity contribution >= 4 is 5.91 Å². The van der Waals surface area contributed by atoms with Crippen molar-refractivity contribution in [2.45, 2.75) is 26.3 Å². The second-order valence-corrected chi connectivity index (χ2v) is 4.72. The van der Waals surface area contributed by atoms with Gasteiger partial charge in [-0.15, -0.1) is 0 Å². The molecule has 0 bridgehead atoms. The molecule has 0 aliphatic rings. The lowest BCUT2D eigenvalue weighted by Crippen LogP contribution is -2.40. The minimum atomic E-state index is -0.591. The highest BCUT2D eigenvalue weighted by Gasteiger charge is 2.21. The van der Waals surface area contributed by atoms with Gasteiger partial charge in [-0.3, -0.25) is 4.79 Å². The Morgan fingerprint density at radius 2 is 2.16 bits per heavy atom. The van der Waals surface area contributed by atoms with E-state index in [1.54, 1.807) is 6.07 Å². The minimum absolute atomic E-state index is 0.0623. The number of methoxy groups -OCH3 is 1. The van der Waals surface area contributed by atoms with Crippen LogP contribution >= 0.6 is 0 Å². The molecule has 0 saturated heterocycles. The van der Waals surface area contributed by atoms with Gasteiger partial charge in [-0.1, -0.05) is 19.9 Å². The Kier molecular flexibility index (Phi) is 5.76. The van der Waals surface area contributed by atoms with Gasteiger partial charge in [-0.25, -0.2) is 4.39 Å². The lowest BCUT2D eigenvalue weighted by molar-refractivity contribution is 0.0916. The standard InChI is InChI=1S/C14H21FN2O2/c1-9(2)11(7-8-16)17-14(18)13-10(15)5-4-6-12(13)19-3/h4-6,9,11H,7-8,16H2,1-3H3,(H,17,18). The Labute approximate surface area is 113 Å². The van der Waals surface area contributed by atoms with E-state index in [4.69, 9.17) is 10.5 Å². The summed E-state index contributed by atoms with van der Waals surface area (Å²) in [6.45, 7) is 4.44. The zero-order valence-corrected chi connectivity index (χ0v) is 11.6. The van der Waals surface area contributed by atoms with Crippen molar-refractivity contribution in [3.8, 4) is 5.75 Å². The van der Waals surface area contributed by atoms with Crippen molar-refractivity contribution in [2.24, 2.45) is 11.7 Å². The molecule has 0 aromatic heterocycles. The highest BCUT2D eigenvalue weighted by molar-refractivity contribution is 5.97. The van der Waals surface area contributed by atoms with Crippen molar-refractivity contribution in [3.05, 3.63) is 29.6 Å². The number of rotatable bonds is 6. The molecule has 0 aliphatic carbocycles. The summed E-state index contributed by atoms with van der Waals surface area (Å²) in [7, 11) is 1.41. The van der Waals surface area contributed by atoms with Gasteiger partial charge < -0.3 is 15.8 Å². The fraction of sp³-hybridized carbons (Fsp3) is 0.500. The summed E-state index contributed by atoms with van der Waals surface area (Å²) in [5.74, 6) is -0.604. The van der Waals surface area contributed by atoms with Gasteiger partial charge in [0.15, 0.2) is 0 Å². The molecule has 0 heterocycles. The number of carbonyl (C=O) groups is 1. The molecular weight excluding hydrogens is 247 g/mol. The zero-order valence-electron chi connectivity index (χ0n) is 11.6. The smallest absolute Gasteiger partial charge is 0.258 e. The number of ether oxygens (including phenoxy) is 1. The van der Waals surface area contributed by atoms with Crippen molar-refractivity contribution in [1.82, 2.24) is 5.32 Å². The lowest BCUT2D eigenvalue weighted by Gasteiger charge is -2.22. The molecule has 0 saturated carbocycles. The van der Waals surface area contributed by atoms with Crippen LogP contribution in [0.1, 0.15) is 30.6 Å². The van der Waals surface area contributed by atoms with Crippen LogP contribution in [0.3, 0.4) is 0 Å². The summed E-state index contributed by atoms with van der Waals surface area (Å²) in [5.41, 5.74) is 5.46. The highest BCUT2D eigenvalue weighted by Crippen LogP contribution is 2.21. The van der Waals surface area contributed by atoms with Gasteiger partial charge in [0.25, 0.3) is 5.91 Å². The van der Waals surface area contributed by atoms with E-state index >= 15 is 0 Å². The molecule has 1 amide bonds. The van der Waals surface area contributed by atoms with E-state index in [1.807, 2.05) is 13.8 Å². The largest absolute Gasteiger partial charge is 0.496 e. The molecule has 1 rings (SSSR count). The first kappa shape index (κ1) is 15.4. The molecule has 0 fully saturated rings. The molecule has 5 heteroatoms. The molecule has 0 aliphatic heterocycles. The van der Waals surface area contributed by atoms with E-state index < -0.39 is 11.7 Å². The molecular formula is C14H21FN2O2. The van der Waals surface area contributed by atoms with Crippen LogP contribution in [0.25, 0.3) is 0 Å². The van der Waals surface area contributed by atoms with Crippen LogP contribution in [-0.4, -0.2) is 25.6 Å². The summed E-state index contributed by atoms with van der Waals surface area (Å²) in [4.78, 5) is 12.2. The highest BCUT2D eigenvalue weighted by atomic mass is 19.1. The molecule has 1 unspecified atom stereocenters. The average molecular weight is 268 g/mol. The summed E-state index contributed by atoms with van der Waals surface area (Å²) in [6.07, 6.45) is 0.653. The number of hydrogen-bond donors (Lipinski definition) is 2. The molecule has 1 aromatic rings. The monoisotopic (exact) mass is 268 g/mol. The van der Waals surface area contributed by atoms with E-state index in [9.17, 15) is 9.18 Å². The Balaban J connectivity index is 2.94. The average Bonchev–Trinajstić information content (AvgIpc) is 2.37. The maximum absolute atomic E-state index is 13.8. The van der Waals surface area contributed by atoms with Gasteiger partial charge >= 0.3 is 0 Å². The van der Waals surface area contributed by atoms with Crippen molar-refractivity contribution in [1.29, 1.82) is 0 Å². The van der Waals surface area contributed by atoms with Crippen LogP contribution < -0.4 is 15.8 Å². The number of halogens is 1. The van der Waals surface area contributed by atoms with Crippen LogP contribution in [0, 0.1) is 11.7 Å². The molecule has 19 heavy (non-hydrogen) atoms. The van der Waals surface area contributed by atoms with Crippen LogP contribution in [-0.2, 0) is 0 Å². The third-order valence-corrected chi connectivity index (χ3v) is 3.02. The van der Waals surface area contributed by atoms with E-state index in [0.717, 1.165) is 0 Å². The van der Waals surface area contributed by atoms with Gasteiger partial charge in [0, 0.05) is 6.04 Å². The predicted octanol–water partition coefficient (Wildman–Crippen LogP) is 1.94.